The van der Waals surface area contributed by atoms with Crippen molar-refractivity contribution in [3.05, 3.63) is 34.9 Å². The van der Waals surface area contributed by atoms with Crippen LogP contribution in [0.5, 0.6) is 0 Å². The van der Waals surface area contributed by atoms with Crippen molar-refractivity contribution in [1.29, 1.82) is 0 Å². The summed E-state index contributed by atoms with van der Waals surface area (Å²) in [5.74, 6) is -0.0472. The average Bonchev–Trinajstić information content (AvgIpc) is 2.47. The molecule has 1 aromatic rings. The minimum absolute atomic E-state index is 0.0472. The minimum Gasteiger partial charge on any atom is -0.368 e. The van der Waals surface area contributed by atoms with Crippen molar-refractivity contribution in [2.45, 2.75) is 31.4 Å². The van der Waals surface area contributed by atoms with E-state index in [4.69, 9.17) is 16.3 Å². The van der Waals surface area contributed by atoms with Gasteiger partial charge in [0.25, 0.3) is 5.91 Å². The van der Waals surface area contributed by atoms with Crippen LogP contribution in [0.2, 0.25) is 5.02 Å². The van der Waals surface area contributed by atoms with Crippen molar-refractivity contribution < 1.29 is 9.53 Å². The average molecular weight is 297 g/mol. The van der Waals surface area contributed by atoms with Crippen molar-refractivity contribution in [3.8, 4) is 0 Å². The molecule has 1 atom stereocenters. The maximum Gasteiger partial charge on any atom is 0.252 e. The molecule has 5 heteroatoms. The summed E-state index contributed by atoms with van der Waals surface area (Å²) in [5.41, 5.74) is 0.281. The summed E-state index contributed by atoms with van der Waals surface area (Å²) in [6.45, 7) is 3.55. The van der Waals surface area contributed by atoms with Crippen LogP contribution in [0.4, 0.5) is 0 Å². The molecule has 2 N–H and O–H groups in total. The van der Waals surface area contributed by atoms with Gasteiger partial charge in [-0.3, -0.25) is 4.79 Å². The number of piperidine rings is 1. The Labute approximate surface area is 124 Å². The van der Waals surface area contributed by atoms with Crippen LogP contribution in [0.1, 0.15) is 31.4 Å². The summed E-state index contributed by atoms with van der Waals surface area (Å²) >= 11 is 5.98. The number of hydrogen-bond donors (Lipinski definition) is 2. The third-order valence-electron chi connectivity index (χ3n) is 3.91. The van der Waals surface area contributed by atoms with E-state index in [1.807, 2.05) is 31.2 Å². The van der Waals surface area contributed by atoms with Crippen molar-refractivity contribution in [2.24, 2.45) is 0 Å². The Morgan fingerprint density at radius 3 is 2.75 bits per heavy atom. The maximum atomic E-state index is 12.5. The fraction of sp³-hybridized carbons (Fsp3) is 0.533. The summed E-state index contributed by atoms with van der Waals surface area (Å²) in [6.07, 6.45) is 1.38. The van der Waals surface area contributed by atoms with Crippen LogP contribution < -0.4 is 10.6 Å². The first-order valence-corrected chi connectivity index (χ1v) is 7.27. The molecule has 0 spiro atoms. The molecule has 20 heavy (non-hydrogen) atoms. The van der Waals surface area contributed by atoms with E-state index in [2.05, 4.69) is 10.6 Å². The first-order valence-electron chi connectivity index (χ1n) is 6.90. The quantitative estimate of drug-likeness (QED) is 0.896. The number of carbonyl (C=O) groups excluding carboxylic acids is 1. The van der Waals surface area contributed by atoms with Crippen molar-refractivity contribution >= 4 is 17.5 Å². The molecule has 0 aliphatic carbocycles. The van der Waals surface area contributed by atoms with Gasteiger partial charge in [0.1, 0.15) is 5.60 Å². The monoisotopic (exact) mass is 296 g/mol. The Kier molecular flexibility index (Phi) is 5.02. The molecule has 1 aromatic carbocycles. The summed E-state index contributed by atoms with van der Waals surface area (Å²) < 4.78 is 5.52. The second-order valence-corrected chi connectivity index (χ2v) is 5.64. The Morgan fingerprint density at radius 2 is 2.15 bits per heavy atom. The number of ether oxygens (including phenoxy) is 1. The first kappa shape index (κ1) is 15.3. The number of hydrogen-bond acceptors (Lipinski definition) is 3. The number of nitrogens with one attached hydrogen (secondary N) is 2. The molecule has 1 saturated heterocycles. The van der Waals surface area contributed by atoms with Crippen LogP contribution in [0.15, 0.2) is 24.3 Å². The topological polar surface area (TPSA) is 50.4 Å². The Bertz CT molecular complexity index is 473. The van der Waals surface area contributed by atoms with Gasteiger partial charge < -0.3 is 15.4 Å². The first-order chi connectivity index (χ1) is 9.57. The third-order valence-corrected chi connectivity index (χ3v) is 4.15. The summed E-state index contributed by atoms with van der Waals surface area (Å²) in [5, 5.41) is 6.95. The van der Waals surface area contributed by atoms with Crippen LogP contribution >= 0.6 is 11.6 Å². The van der Waals surface area contributed by atoms with Gasteiger partial charge in [-0.1, -0.05) is 23.7 Å². The number of methoxy groups -OCH3 is 1. The highest BCUT2D eigenvalue weighted by molar-refractivity contribution is 6.30. The summed E-state index contributed by atoms with van der Waals surface area (Å²) in [7, 11) is 1.61. The molecule has 110 valence electrons. The van der Waals surface area contributed by atoms with Crippen LogP contribution in [-0.2, 0) is 9.53 Å². The van der Waals surface area contributed by atoms with Crippen molar-refractivity contribution in [2.75, 3.05) is 20.2 Å². The zero-order chi connectivity index (χ0) is 14.6. The van der Waals surface area contributed by atoms with Gasteiger partial charge in [0.2, 0.25) is 0 Å². The molecule has 0 aromatic heterocycles. The number of benzene rings is 1. The van der Waals surface area contributed by atoms with Crippen molar-refractivity contribution in [3.63, 3.8) is 0 Å². The van der Waals surface area contributed by atoms with Crippen LogP contribution in [0.25, 0.3) is 0 Å². The van der Waals surface area contributed by atoms with Crippen molar-refractivity contribution in [1.82, 2.24) is 10.6 Å². The molecule has 1 aliphatic heterocycles. The van der Waals surface area contributed by atoms with E-state index in [0.717, 1.165) is 18.7 Å². The Hall–Kier alpha value is -1.10. The lowest BCUT2D eigenvalue weighted by molar-refractivity contribution is -0.147. The van der Waals surface area contributed by atoms with Gasteiger partial charge in [-0.25, -0.2) is 0 Å². The van der Waals surface area contributed by atoms with Gasteiger partial charge >= 0.3 is 0 Å². The van der Waals surface area contributed by atoms with E-state index in [0.29, 0.717) is 17.9 Å². The van der Waals surface area contributed by atoms with Gasteiger partial charge in [0.05, 0.1) is 6.04 Å². The molecule has 0 saturated carbocycles. The van der Waals surface area contributed by atoms with E-state index in [9.17, 15) is 4.79 Å². The molecule has 1 fully saturated rings. The second-order valence-electron chi connectivity index (χ2n) is 5.20. The van der Waals surface area contributed by atoms with Gasteiger partial charge in [-0.15, -0.1) is 0 Å². The largest absolute Gasteiger partial charge is 0.368 e. The molecule has 2 rings (SSSR count). The zero-order valence-corrected chi connectivity index (χ0v) is 12.7. The van der Waals surface area contributed by atoms with E-state index >= 15 is 0 Å². The fourth-order valence-electron chi connectivity index (χ4n) is 2.54. The normalized spacial score (nSPS) is 19.4. The zero-order valence-electron chi connectivity index (χ0n) is 11.9. The van der Waals surface area contributed by atoms with Crippen LogP contribution in [0.3, 0.4) is 0 Å². The smallest absolute Gasteiger partial charge is 0.252 e. The minimum atomic E-state index is -0.710. The third kappa shape index (κ3) is 3.32. The number of rotatable bonds is 4. The standard InChI is InChI=1S/C15H21ClN2O2/c1-11(12-4-3-5-13(16)10-12)18-14(19)15(20-2)6-8-17-9-7-15/h3-5,10-11,17H,6-9H2,1-2H3,(H,18,19)/t11-/m1/s1. The number of amides is 1. The predicted octanol–water partition coefficient (Wildman–Crippen LogP) is 2.29. The lowest BCUT2D eigenvalue weighted by atomic mass is 9.90. The molecular formula is C15H21ClN2O2. The molecule has 1 amide bonds. The second kappa shape index (κ2) is 6.57. The van der Waals surface area contributed by atoms with Crippen LogP contribution in [-0.4, -0.2) is 31.7 Å². The summed E-state index contributed by atoms with van der Waals surface area (Å²) in [6, 6.07) is 7.44. The lowest BCUT2D eigenvalue weighted by Crippen LogP contribution is -2.54. The van der Waals surface area contributed by atoms with Gasteiger partial charge in [-0.05, 0) is 50.6 Å². The predicted molar refractivity (Wildman–Crippen MR) is 79.9 cm³/mol. The Morgan fingerprint density at radius 1 is 1.45 bits per heavy atom. The molecular weight excluding hydrogens is 276 g/mol. The molecule has 1 aliphatic rings. The highest BCUT2D eigenvalue weighted by atomic mass is 35.5. The van der Waals surface area contributed by atoms with Gasteiger partial charge in [-0.2, -0.15) is 0 Å². The molecule has 0 radical (unpaired) electrons. The Balaban J connectivity index is 2.06. The summed E-state index contributed by atoms with van der Waals surface area (Å²) in [4.78, 5) is 12.5. The van der Waals surface area contributed by atoms with E-state index in [-0.39, 0.29) is 11.9 Å². The van der Waals surface area contributed by atoms with Gasteiger partial charge in [0.15, 0.2) is 0 Å². The van der Waals surface area contributed by atoms with E-state index < -0.39 is 5.60 Å². The van der Waals surface area contributed by atoms with Crippen LogP contribution in [0, 0.1) is 0 Å². The number of carbonyl (C=O) groups is 1. The SMILES string of the molecule is COC1(C(=O)N[C@H](C)c2cccc(Cl)c2)CCNCC1. The van der Waals surface area contributed by atoms with E-state index in [1.54, 1.807) is 7.11 Å². The molecule has 1 heterocycles. The maximum absolute atomic E-state index is 12.5. The molecule has 0 bridgehead atoms. The fourth-order valence-corrected chi connectivity index (χ4v) is 2.74. The molecule has 0 unspecified atom stereocenters. The van der Waals surface area contributed by atoms with E-state index in [1.165, 1.54) is 0 Å². The van der Waals surface area contributed by atoms with Gasteiger partial charge in [0, 0.05) is 12.1 Å². The molecule has 4 nitrogen and oxygen atoms in total. The number of halogens is 1. The highest BCUT2D eigenvalue weighted by Crippen LogP contribution is 2.25. The highest BCUT2D eigenvalue weighted by Gasteiger charge is 2.40. The lowest BCUT2D eigenvalue weighted by Gasteiger charge is -2.35.